The number of likely N-dealkylation sites (tertiary alicyclic amines) is 1. The summed E-state index contributed by atoms with van der Waals surface area (Å²) in [7, 11) is 0. The summed E-state index contributed by atoms with van der Waals surface area (Å²) in [5, 5.41) is 11.8. The molecule has 1 aliphatic heterocycles. The average molecular weight is 324 g/mol. The van der Waals surface area contributed by atoms with Crippen LogP contribution < -0.4 is 5.32 Å². The number of rotatable bonds is 7. The van der Waals surface area contributed by atoms with Gasteiger partial charge in [-0.2, -0.15) is 0 Å². The van der Waals surface area contributed by atoms with Crippen LogP contribution in [0.2, 0.25) is 0 Å². The third-order valence-electron chi connectivity index (χ3n) is 4.95. The predicted molar refractivity (Wildman–Crippen MR) is 85.8 cm³/mol. The molecule has 2 aliphatic rings. The Morgan fingerprint density at radius 2 is 1.87 bits per heavy atom. The average Bonchev–Trinajstić information content (AvgIpc) is 3.17. The van der Waals surface area contributed by atoms with Gasteiger partial charge in [0.2, 0.25) is 11.8 Å². The number of carboxylic acid groups (broad SMARTS) is 1. The summed E-state index contributed by atoms with van der Waals surface area (Å²) >= 11 is 0. The van der Waals surface area contributed by atoms with E-state index in [-0.39, 0.29) is 30.2 Å². The second-order valence-electron chi connectivity index (χ2n) is 6.76. The lowest BCUT2D eigenvalue weighted by Crippen LogP contribution is -2.50. The van der Waals surface area contributed by atoms with Gasteiger partial charge in [0.15, 0.2) is 0 Å². The van der Waals surface area contributed by atoms with Gasteiger partial charge in [-0.05, 0) is 32.1 Å². The number of amides is 2. The highest BCUT2D eigenvalue weighted by molar-refractivity contribution is 5.89. The standard InChI is InChI=1S/C17H28N2O4/c1-2-6-13(11-15(20)21)18-16(22)14-9-5-10-19(14)17(23)12-7-3-4-8-12/h12-14H,2-11H2,1H3,(H,18,22)(H,20,21). The van der Waals surface area contributed by atoms with Gasteiger partial charge in [-0.25, -0.2) is 0 Å². The maximum Gasteiger partial charge on any atom is 0.305 e. The van der Waals surface area contributed by atoms with Crippen molar-refractivity contribution >= 4 is 17.8 Å². The Kier molecular flexibility index (Phi) is 6.42. The Balaban J connectivity index is 1.95. The first kappa shape index (κ1) is 17.8. The highest BCUT2D eigenvalue weighted by atomic mass is 16.4. The highest BCUT2D eigenvalue weighted by Crippen LogP contribution is 2.29. The Morgan fingerprint density at radius 3 is 2.48 bits per heavy atom. The van der Waals surface area contributed by atoms with E-state index in [1.165, 1.54) is 0 Å². The number of nitrogens with one attached hydrogen (secondary N) is 1. The summed E-state index contributed by atoms with van der Waals surface area (Å²) in [4.78, 5) is 37.8. The molecule has 6 nitrogen and oxygen atoms in total. The molecule has 1 heterocycles. The zero-order chi connectivity index (χ0) is 16.8. The van der Waals surface area contributed by atoms with Crippen molar-refractivity contribution in [1.82, 2.24) is 10.2 Å². The lowest BCUT2D eigenvalue weighted by molar-refractivity contribution is -0.142. The van der Waals surface area contributed by atoms with E-state index in [1.54, 1.807) is 4.90 Å². The Hall–Kier alpha value is -1.59. The maximum absolute atomic E-state index is 12.6. The molecule has 2 amide bonds. The molecule has 0 bridgehead atoms. The van der Waals surface area contributed by atoms with Crippen LogP contribution in [0.4, 0.5) is 0 Å². The van der Waals surface area contributed by atoms with Crippen molar-refractivity contribution in [1.29, 1.82) is 0 Å². The minimum atomic E-state index is -0.908. The van der Waals surface area contributed by atoms with E-state index in [0.29, 0.717) is 19.4 Å². The summed E-state index contributed by atoms with van der Waals surface area (Å²) < 4.78 is 0. The van der Waals surface area contributed by atoms with Crippen molar-refractivity contribution in [2.24, 2.45) is 5.92 Å². The van der Waals surface area contributed by atoms with E-state index in [4.69, 9.17) is 5.11 Å². The Labute approximate surface area is 137 Å². The van der Waals surface area contributed by atoms with E-state index in [0.717, 1.165) is 38.5 Å². The van der Waals surface area contributed by atoms with E-state index >= 15 is 0 Å². The first-order valence-electron chi connectivity index (χ1n) is 8.85. The summed E-state index contributed by atoms with van der Waals surface area (Å²) in [6.07, 6.45) is 6.96. The van der Waals surface area contributed by atoms with Crippen LogP contribution >= 0.6 is 0 Å². The molecule has 2 fully saturated rings. The van der Waals surface area contributed by atoms with Gasteiger partial charge in [-0.3, -0.25) is 14.4 Å². The minimum absolute atomic E-state index is 0.0666. The van der Waals surface area contributed by atoms with E-state index in [2.05, 4.69) is 5.32 Å². The summed E-state index contributed by atoms with van der Waals surface area (Å²) in [5.74, 6) is -0.901. The van der Waals surface area contributed by atoms with Crippen LogP contribution in [0.15, 0.2) is 0 Å². The Bertz CT molecular complexity index is 446. The second-order valence-corrected chi connectivity index (χ2v) is 6.76. The van der Waals surface area contributed by atoms with Gasteiger partial charge in [0.1, 0.15) is 6.04 Å². The fraction of sp³-hybridized carbons (Fsp3) is 0.824. The van der Waals surface area contributed by atoms with Gasteiger partial charge in [0.05, 0.1) is 6.42 Å². The monoisotopic (exact) mass is 324 g/mol. The topological polar surface area (TPSA) is 86.7 Å². The van der Waals surface area contributed by atoms with E-state index < -0.39 is 12.0 Å². The molecule has 2 atom stereocenters. The van der Waals surface area contributed by atoms with Crippen LogP contribution in [0, 0.1) is 5.92 Å². The van der Waals surface area contributed by atoms with E-state index in [9.17, 15) is 14.4 Å². The third-order valence-corrected chi connectivity index (χ3v) is 4.95. The second kappa shape index (κ2) is 8.31. The number of hydrogen-bond donors (Lipinski definition) is 2. The molecule has 0 aromatic rings. The zero-order valence-corrected chi connectivity index (χ0v) is 13.9. The summed E-state index contributed by atoms with van der Waals surface area (Å²) in [6.45, 7) is 2.61. The molecule has 0 aromatic carbocycles. The van der Waals surface area contributed by atoms with Gasteiger partial charge in [-0.15, -0.1) is 0 Å². The lowest BCUT2D eigenvalue weighted by Gasteiger charge is -2.28. The van der Waals surface area contributed by atoms with Crippen LogP contribution in [0.1, 0.15) is 64.7 Å². The molecule has 23 heavy (non-hydrogen) atoms. The van der Waals surface area contributed by atoms with Gasteiger partial charge in [-0.1, -0.05) is 26.2 Å². The zero-order valence-electron chi connectivity index (χ0n) is 13.9. The van der Waals surface area contributed by atoms with Crippen molar-refractivity contribution in [3.05, 3.63) is 0 Å². The number of nitrogens with zero attached hydrogens (tertiary/aromatic N) is 1. The van der Waals surface area contributed by atoms with Crippen molar-refractivity contribution in [2.45, 2.75) is 76.8 Å². The number of carbonyl (C=O) groups excluding carboxylic acids is 2. The normalized spacial score (nSPS) is 23.0. The number of carbonyl (C=O) groups is 3. The molecule has 2 rings (SSSR count). The fourth-order valence-electron chi connectivity index (χ4n) is 3.79. The third kappa shape index (κ3) is 4.69. The highest BCUT2D eigenvalue weighted by Gasteiger charge is 2.38. The fourth-order valence-corrected chi connectivity index (χ4v) is 3.79. The van der Waals surface area contributed by atoms with Crippen LogP contribution in [0.3, 0.4) is 0 Å². The van der Waals surface area contributed by atoms with Crippen molar-refractivity contribution < 1.29 is 19.5 Å². The quantitative estimate of drug-likeness (QED) is 0.749. The van der Waals surface area contributed by atoms with Crippen molar-refractivity contribution in [3.8, 4) is 0 Å². The van der Waals surface area contributed by atoms with Gasteiger partial charge >= 0.3 is 5.97 Å². The molecule has 0 radical (unpaired) electrons. The van der Waals surface area contributed by atoms with Crippen LogP contribution in [-0.4, -0.2) is 46.4 Å². The molecule has 1 saturated carbocycles. The molecule has 130 valence electrons. The lowest BCUT2D eigenvalue weighted by atomic mass is 10.0. The molecule has 6 heteroatoms. The van der Waals surface area contributed by atoms with Crippen LogP contribution in [-0.2, 0) is 14.4 Å². The maximum atomic E-state index is 12.6. The molecule has 1 aliphatic carbocycles. The van der Waals surface area contributed by atoms with E-state index in [1.807, 2.05) is 6.92 Å². The minimum Gasteiger partial charge on any atom is -0.481 e. The SMILES string of the molecule is CCCC(CC(=O)O)NC(=O)C1CCCN1C(=O)C1CCCC1. The molecule has 2 unspecified atom stereocenters. The van der Waals surface area contributed by atoms with Gasteiger partial charge in [0.25, 0.3) is 0 Å². The molecular weight excluding hydrogens is 296 g/mol. The smallest absolute Gasteiger partial charge is 0.305 e. The Morgan fingerprint density at radius 1 is 1.17 bits per heavy atom. The number of carboxylic acids is 1. The number of hydrogen-bond acceptors (Lipinski definition) is 3. The van der Waals surface area contributed by atoms with Crippen LogP contribution in [0.25, 0.3) is 0 Å². The predicted octanol–water partition coefficient (Wildman–Crippen LogP) is 1.93. The first-order valence-corrected chi connectivity index (χ1v) is 8.85. The molecule has 1 saturated heterocycles. The number of aliphatic carboxylic acids is 1. The summed E-state index contributed by atoms with van der Waals surface area (Å²) in [6, 6.07) is -0.773. The molecular formula is C17H28N2O4. The van der Waals surface area contributed by atoms with Crippen molar-refractivity contribution in [3.63, 3.8) is 0 Å². The van der Waals surface area contributed by atoms with Gasteiger partial charge < -0.3 is 15.3 Å². The molecule has 0 aromatic heterocycles. The van der Waals surface area contributed by atoms with Gasteiger partial charge in [0, 0.05) is 18.5 Å². The molecule has 2 N–H and O–H groups in total. The largest absolute Gasteiger partial charge is 0.481 e. The summed E-state index contributed by atoms with van der Waals surface area (Å²) in [5.41, 5.74) is 0. The van der Waals surface area contributed by atoms with Crippen LogP contribution in [0.5, 0.6) is 0 Å². The van der Waals surface area contributed by atoms with Crippen molar-refractivity contribution in [2.75, 3.05) is 6.54 Å². The first-order chi connectivity index (χ1) is 11.0. The molecule has 0 spiro atoms.